The number of hydrogen-bond donors (Lipinski definition) is 1. The molecule has 0 aromatic carbocycles. The van der Waals surface area contributed by atoms with E-state index in [-0.39, 0.29) is 0 Å². The predicted octanol–water partition coefficient (Wildman–Crippen LogP) is 1.69. The zero-order valence-corrected chi connectivity index (χ0v) is 5.95. The van der Waals surface area contributed by atoms with Crippen LogP contribution in [0.3, 0.4) is 0 Å². The first-order chi connectivity index (χ1) is 4.38. The zero-order valence-electron chi connectivity index (χ0n) is 5.13. The van der Waals surface area contributed by atoms with Gasteiger partial charge in [0, 0.05) is 10.9 Å². The molecular formula is C7H9NS. The van der Waals surface area contributed by atoms with Gasteiger partial charge in [-0.05, 0) is 29.9 Å². The van der Waals surface area contributed by atoms with E-state index in [0.29, 0.717) is 6.04 Å². The molecule has 0 radical (unpaired) electrons. The lowest BCUT2D eigenvalue weighted by Gasteiger charge is -1.96. The second-order valence-electron chi connectivity index (χ2n) is 2.46. The molecular weight excluding hydrogens is 130 g/mol. The van der Waals surface area contributed by atoms with Crippen molar-refractivity contribution in [3.05, 3.63) is 21.9 Å². The fourth-order valence-corrected chi connectivity index (χ4v) is 2.31. The molecule has 0 spiro atoms. The molecule has 2 rings (SSSR count). The van der Waals surface area contributed by atoms with E-state index in [0.717, 1.165) is 6.42 Å². The smallest absolute Gasteiger partial charge is 0.0395 e. The SMILES string of the molecule is N[C@@H]1CCc2ccsc21. The fraction of sp³-hybridized carbons (Fsp3) is 0.429. The van der Waals surface area contributed by atoms with Crippen molar-refractivity contribution < 1.29 is 0 Å². The Morgan fingerprint density at radius 2 is 2.56 bits per heavy atom. The molecule has 1 atom stereocenters. The third kappa shape index (κ3) is 0.705. The largest absolute Gasteiger partial charge is 0.323 e. The predicted molar refractivity (Wildman–Crippen MR) is 39.6 cm³/mol. The molecule has 9 heavy (non-hydrogen) atoms. The summed E-state index contributed by atoms with van der Waals surface area (Å²) in [5.41, 5.74) is 7.28. The van der Waals surface area contributed by atoms with Crippen molar-refractivity contribution in [2.24, 2.45) is 5.73 Å². The van der Waals surface area contributed by atoms with E-state index in [2.05, 4.69) is 11.4 Å². The highest BCUT2D eigenvalue weighted by molar-refractivity contribution is 7.10. The first-order valence-electron chi connectivity index (χ1n) is 3.20. The summed E-state index contributed by atoms with van der Waals surface area (Å²) in [6.07, 6.45) is 2.35. The lowest BCUT2D eigenvalue weighted by molar-refractivity contribution is 0.721. The Hall–Kier alpha value is -0.340. The van der Waals surface area contributed by atoms with Crippen molar-refractivity contribution >= 4 is 11.3 Å². The van der Waals surface area contributed by atoms with Crippen LogP contribution in [0.4, 0.5) is 0 Å². The minimum absolute atomic E-state index is 0.347. The van der Waals surface area contributed by atoms with E-state index in [1.54, 1.807) is 11.3 Å². The average molecular weight is 139 g/mol. The minimum Gasteiger partial charge on any atom is -0.323 e. The number of thiophene rings is 1. The standard InChI is InChI=1S/C7H9NS/c8-6-2-1-5-3-4-9-7(5)6/h3-4,6H,1-2,8H2/t6-/m1/s1. The molecule has 1 heterocycles. The van der Waals surface area contributed by atoms with Crippen LogP contribution in [0.1, 0.15) is 22.9 Å². The third-order valence-electron chi connectivity index (χ3n) is 1.84. The van der Waals surface area contributed by atoms with Gasteiger partial charge in [0.1, 0.15) is 0 Å². The van der Waals surface area contributed by atoms with Crippen molar-refractivity contribution in [1.29, 1.82) is 0 Å². The molecule has 0 amide bonds. The van der Waals surface area contributed by atoms with E-state index >= 15 is 0 Å². The van der Waals surface area contributed by atoms with Gasteiger partial charge in [0.25, 0.3) is 0 Å². The molecule has 0 bridgehead atoms. The Kier molecular flexibility index (Phi) is 1.10. The topological polar surface area (TPSA) is 26.0 Å². The van der Waals surface area contributed by atoms with E-state index < -0.39 is 0 Å². The number of hydrogen-bond acceptors (Lipinski definition) is 2. The van der Waals surface area contributed by atoms with Crippen LogP contribution in [0.25, 0.3) is 0 Å². The molecule has 2 heteroatoms. The molecule has 0 saturated heterocycles. The van der Waals surface area contributed by atoms with Crippen molar-refractivity contribution in [1.82, 2.24) is 0 Å². The van der Waals surface area contributed by atoms with Crippen LogP contribution in [0, 0.1) is 0 Å². The molecule has 1 nitrogen and oxygen atoms in total. The van der Waals surface area contributed by atoms with Crippen LogP contribution in [-0.4, -0.2) is 0 Å². The number of rotatable bonds is 0. The molecule has 1 aromatic heterocycles. The maximum atomic E-state index is 5.80. The summed E-state index contributed by atoms with van der Waals surface area (Å²) < 4.78 is 0. The Labute approximate surface area is 58.5 Å². The third-order valence-corrected chi connectivity index (χ3v) is 2.93. The van der Waals surface area contributed by atoms with Gasteiger partial charge in [-0.15, -0.1) is 11.3 Å². The molecule has 48 valence electrons. The maximum absolute atomic E-state index is 5.80. The van der Waals surface area contributed by atoms with Gasteiger partial charge in [0.05, 0.1) is 0 Å². The summed E-state index contributed by atoms with van der Waals surface area (Å²) in [5, 5.41) is 2.13. The summed E-state index contributed by atoms with van der Waals surface area (Å²) in [6.45, 7) is 0. The van der Waals surface area contributed by atoms with Gasteiger partial charge in [-0.3, -0.25) is 0 Å². The van der Waals surface area contributed by atoms with Crippen molar-refractivity contribution in [3.8, 4) is 0 Å². The fourth-order valence-electron chi connectivity index (χ4n) is 1.32. The Morgan fingerprint density at radius 1 is 1.67 bits per heavy atom. The highest BCUT2D eigenvalue weighted by Gasteiger charge is 2.19. The second-order valence-corrected chi connectivity index (χ2v) is 3.40. The molecule has 0 saturated carbocycles. The van der Waals surface area contributed by atoms with Gasteiger partial charge >= 0.3 is 0 Å². The summed E-state index contributed by atoms with van der Waals surface area (Å²) in [7, 11) is 0. The lowest BCUT2D eigenvalue weighted by atomic mass is 10.3. The molecule has 2 N–H and O–H groups in total. The van der Waals surface area contributed by atoms with Crippen LogP contribution in [0.15, 0.2) is 11.4 Å². The highest BCUT2D eigenvalue weighted by atomic mass is 32.1. The van der Waals surface area contributed by atoms with Gasteiger partial charge < -0.3 is 5.73 Å². The lowest BCUT2D eigenvalue weighted by Crippen LogP contribution is -2.02. The molecule has 1 aliphatic carbocycles. The minimum atomic E-state index is 0.347. The first kappa shape index (κ1) is 5.45. The summed E-state index contributed by atoms with van der Waals surface area (Å²) in [5.74, 6) is 0. The van der Waals surface area contributed by atoms with Crippen LogP contribution >= 0.6 is 11.3 Å². The monoisotopic (exact) mass is 139 g/mol. The second kappa shape index (κ2) is 1.82. The van der Waals surface area contributed by atoms with Crippen LogP contribution in [0.2, 0.25) is 0 Å². The van der Waals surface area contributed by atoms with Gasteiger partial charge in [0.15, 0.2) is 0 Å². The Morgan fingerprint density at radius 3 is 3.33 bits per heavy atom. The Bertz CT molecular complexity index is 216. The maximum Gasteiger partial charge on any atom is 0.0395 e. The molecule has 1 aromatic rings. The Balaban J connectivity index is 2.49. The van der Waals surface area contributed by atoms with E-state index in [1.807, 2.05) is 0 Å². The van der Waals surface area contributed by atoms with Gasteiger partial charge in [-0.1, -0.05) is 0 Å². The van der Waals surface area contributed by atoms with Crippen LogP contribution < -0.4 is 5.73 Å². The molecule has 0 unspecified atom stereocenters. The molecule has 0 aliphatic heterocycles. The summed E-state index contributed by atoms with van der Waals surface area (Å²) in [6, 6.07) is 2.53. The van der Waals surface area contributed by atoms with Crippen molar-refractivity contribution in [3.63, 3.8) is 0 Å². The summed E-state index contributed by atoms with van der Waals surface area (Å²) >= 11 is 1.80. The summed E-state index contributed by atoms with van der Waals surface area (Å²) in [4.78, 5) is 1.41. The van der Waals surface area contributed by atoms with Crippen LogP contribution in [-0.2, 0) is 6.42 Å². The van der Waals surface area contributed by atoms with E-state index in [4.69, 9.17) is 5.73 Å². The zero-order chi connectivity index (χ0) is 6.27. The quantitative estimate of drug-likeness (QED) is 0.581. The van der Waals surface area contributed by atoms with E-state index in [9.17, 15) is 0 Å². The van der Waals surface area contributed by atoms with Crippen LogP contribution in [0.5, 0.6) is 0 Å². The number of aryl methyl sites for hydroxylation is 1. The van der Waals surface area contributed by atoms with Crippen molar-refractivity contribution in [2.75, 3.05) is 0 Å². The van der Waals surface area contributed by atoms with Gasteiger partial charge in [-0.2, -0.15) is 0 Å². The number of nitrogens with two attached hydrogens (primary N) is 1. The van der Waals surface area contributed by atoms with Crippen molar-refractivity contribution in [2.45, 2.75) is 18.9 Å². The number of fused-ring (bicyclic) bond motifs is 1. The van der Waals surface area contributed by atoms with Gasteiger partial charge in [0.2, 0.25) is 0 Å². The van der Waals surface area contributed by atoms with Gasteiger partial charge in [-0.25, -0.2) is 0 Å². The first-order valence-corrected chi connectivity index (χ1v) is 4.08. The average Bonchev–Trinajstić information content (AvgIpc) is 2.35. The molecule has 0 fully saturated rings. The normalized spacial score (nSPS) is 24.3. The van der Waals surface area contributed by atoms with E-state index in [1.165, 1.54) is 16.9 Å². The molecule has 1 aliphatic rings. The highest BCUT2D eigenvalue weighted by Crippen LogP contribution is 2.33.